The van der Waals surface area contributed by atoms with Crippen LogP contribution in [0.25, 0.3) is 0 Å². The minimum atomic E-state index is -0.184. The monoisotopic (exact) mass is 277 g/mol. The van der Waals surface area contributed by atoms with Crippen molar-refractivity contribution < 1.29 is 4.39 Å². The molecule has 0 saturated carbocycles. The van der Waals surface area contributed by atoms with Gasteiger partial charge in [0.2, 0.25) is 0 Å². The molecule has 14 heavy (non-hydrogen) atoms. The fourth-order valence-electron chi connectivity index (χ4n) is 1.24. The number of hydrogen-bond acceptors (Lipinski definition) is 2. The van der Waals surface area contributed by atoms with Gasteiger partial charge in [0.05, 0.1) is 0 Å². The Kier molecular flexibility index (Phi) is 4.92. The van der Waals surface area contributed by atoms with E-state index in [1.807, 2.05) is 12.3 Å². The first kappa shape index (κ1) is 12.0. The van der Waals surface area contributed by atoms with Crippen LogP contribution in [-0.4, -0.2) is 18.1 Å². The lowest BCUT2D eigenvalue weighted by atomic mass is 10.1. The van der Waals surface area contributed by atoms with E-state index in [-0.39, 0.29) is 11.9 Å². The van der Waals surface area contributed by atoms with Gasteiger partial charge in [0.25, 0.3) is 0 Å². The minimum absolute atomic E-state index is 0.0284. The zero-order chi connectivity index (χ0) is 10.6. The number of rotatable bonds is 4. The first-order valence-corrected chi connectivity index (χ1v) is 6.50. The van der Waals surface area contributed by atoms with E-state index in [9.17, 15) is 4.39 Å². The molecule has 0 spiro atoms. The summed E-state index contributed by atoms with van der Waals surface area (Å²) in [6.45, 7) is 0. The van der Waals surface area contributed by atoms with Crippen molar-refractivity contribution in [2.45, 2.75) is 12.5 Å². The Bertz CT molecular complexity index is 306. The van der Waals surface area contributed by atoms with Crippen LogP contribution in [0, 0.1) is 5.82 Å². The molecule has 0 fully saturated rings. The molecule has 0 radical (unpaired) electrons. The molecule has 0 bridgehead atoms. The Morgan fingerprint density at radius 1 is 1.57 bits per heavy atom. The van der Waals surface area contributed by atoms with Crippen molar-refractivity contribution in [1.82, 2.24) is 0 Å². The Hall–Kier alpha value is -0.0600. The normalized spacial score (nSPS) is 12.9. The van der Waals surface area contributed by atoms with Gasteiger partial charge in [-0.25, -0.2) is 4.39 Å². The second-order valence-electron chi connectivity index (χ2n) is 3.16. The molecule has 0 aliphatic heterocycles. The molecule has 1 aromatic rings. The van der Waals surface area contributed by atoms with Gasteiger partial charge in [0.1, 0.15) is 5.82 Å². The Morgan fingerprint density at radius 2 is 2.29 bits per heavy atom. The summed E-state index contributed by atoms with van der Waals surface area (Å²) in [4.78, 5) is 0. The van der Waals surface area contributed by atoms with Gasteiger partial charge < -0.3 is 5.73 Å². The lowest BCUT2D eigenvalue weighted by Gasteiger charge is -2.10. The van der Waals surface area contributed by atoms with E-state index in [2.05, 4.69) is 15.9 Å². The predicted octanol–water partition coefficient (Wildman–Crippen LogP) is 2.82. The van der Waals surface area contributed by atoms with Crippen LogP contribution in [-0.2, 0) is 6.42 Å². The molecule has 1 aromatic carbocycles. The summed E-state index contributed by atoms with van der Waals surface area (Å²) in [6, 6.07) is 5.12. The summed E-state index contributed by atoms with van der Waals surface area (Å²) < 4.78 is 14.1. The molecule has 0 aliphatic carbocycles. The average Bonchev–Trinajstić information content (AvgIpc) is 2.10. The van der Waals surface area contributed by atoms with E-state index in [1.165, 1.54) is 6.07 Å². The molecule has 1 nitrogen and oxygen atoms in total. The fraction of sp³-hybridized carbons (Fsp3) is 0.400. The van der Waals surface area contributed by atoms with Crippen LogP contribution in [0.1, 0.15) is 5.56 Å². The van der Waals surface area contributed by atoms with Crippen LogP contribution in [0.5, 0.6) is 0 Å². The topological polar surface area (TPSA) is 26.0 Å². The third-order valence-corrected chi connectivity index (χ3v) is 3.13. The van der Waals surface area contributed by atoms with E-state index < -0.39 is 0 Å². The van der Waals surface area contributed by atoms with Crippen LogP contribution < -0.4 is 5.73 Å². The Labute approximate surface area is 96.4 Å². The van der Waals surface area contributed by atoms with Crippen LogP contribution in [0.2, 0.25) is 0 Å². The smallest absolute Gasteiger partial charge is 0.127 e. The summed E-state index contributed by atoms with van der Waals surface area (Å²) >= 11 is 4.90. The van der Waals surface area contributed by atoms with Gasteiger partial charge in [0, 0.05) is 16.3 Å². The maximum atomic E-state index is 13.4. The molecule has 78 valence electrons. The SMILES string of the molecule is CSCC(N)Cc1ccc(Br)cc1F. The lowest BCUT2D eigenvalue weighted by molar-refractivity contribution is 0.596. The molecule has 4 heteroatoms. The first-order valence-electron chi connectivity index (χ1n) is 4.32. The zero-order valence-electron chi connectivity index (χ0n) is 7.97. The molecule has 1 rings (SSSR count). The first-order chi connectivity index (χ1) is 6.63. The van der Waals surface area contributed by atoms with Crippen molar-refractivity contribution in [1.29, 1.82) is 0 Å². The zero-order valence-corrected chi connectivity index (χ0v) is 10.4. The van der Waals surface area contributed by atoms with Gasteiger partial charge in [-0.05, 0) is 30.4 Å². The molecule has 0 amide bonds. The highest BCUT2D eigenvalue weighted by Crippen LogP contribution is 2.16. The van der Waals surface area contributed by atoms with Crippen molar-refractivity contribution in [2.24, 2.45) is 5.73 Å². The van der Waals surface area contributed by atoms with Gasteiger partial charge >= 0.3 is 0 Å². The number of benzene rings is 1. The van der Waals surface area contributed by atoms with Crippen LogP contribution in [0.4, 0.5) is 4.39 Å². The van der Waals surface area contributed by atoms with Gasteiger partial charge in [-0.15, -0.1) is 0 Å². The van der Waals surface area contributed by atoms with Gasteiger partial charge in [-0.2, -0.15) is 11.8 Å². The maximum absolute atomic E-state index is 13.4. The molecule has 1 atom stereocenters. The summed E-state index contributed by atoms with van der Waals surface area (Å²) in [6.07, 6.45) is 2.59. The highest BCUT2D eigenvalue weighted by molar-refractivity contribution is 9.10. The second-order valence-corrected chi connectivity index (χ2v) is 4.98. The number of hydrogen-bond donors (Lipinski definition) is 1. The highest BCUT2D eigenvalue weighted by atomic mass is 79.9. The second kappa shape index (κ2) is 5.73. The Balaban J connectivity index is 2.67. The van der Waals surface area contributed by atoms with Crippen LogP contribution in [0.15, 0.2) is 22.7 Å². The van der Waals surface area contributed by atoms with Gasteiger partial charge in [-0.3, -0.25) is 0 Å². The standard InChI is InChI=1S/C10H13BrFNS/c1-14-6-9(13)4-7-2-3-8(11)5-10(7)12/h2-3,5,9H,4,6,13H2,1H3. The van der Waals surface area contributed by atoms with Gasteiger partial charge in [-0.1, -0.05) is 22.0 Å². The summed E-state index contributed by atoms with van der Waals surface area (Å²) in [5.74, 6) is 0.672. The summed E-state index contributed by atoms with van der Waals surface area (Å²) in [5, 5.41) is 0. The molecule has 0 aromatic heterocycles. The fourth-order valence-corrected chi connectivity index (χ4v) is 2.12. The van der Waals surface area contributed by atoms with Crippen molar-refractivity contribution >= 4 is 27.7 Å². The highest BCUT2D eigenvalue weighted by Gasteiger charge is 2.07. The maximum Gasteiger partial charge on any atom is 0.127 e. The molecule has 2 N–H and O–H groups in total. The molecule has 0 saturated heterocycles. The molecular formula is C10H13BrFNS. The van der Waals surface area contributed by atoms with E-state index in [1.54, 1.807) is 17.8 Å². The number of thioether (sulfide) groups is 1. The van der Waals surface area contributed by atoms with E-state index in [0.29, 0.717) is 12.0 Å². The summed E-state index contributed by atoms with van der Waals surface area (Å²) in [7, 11) is 0. The van der Waals surface area contributed by atoms with E-state index in [0.717, 1.165) is 10.2 Å². The Morgan fingerprint density at radius 3 is 2.86 bits per heavy atom. The quantitative estimate of drug-likeness (QED) is 0.916. The number of halogens is 2. The van der Waals surface area contributed by atoms with Crippen LogP contribution >= 0.6 is 27.7 Å². The van der Waals surface area contributed by atoms with E-state index in [4.69, 9.17) is 5.73 Å². The lowest BCUT2D eigenvalue weighted by Crippen LogP contribution is -2.25. The predicted molar refractivity (Wildman–Crippen MR) is 64.2 cm³/mol. The average molecular weight is 278 g/mol. The minimum Gasteiger partial charge on any atom is -0.327 e. The third-order valence-electron chi connectivity index (χ3n) is 1.88. The third kappa shape index (κ3) is 3.59. The van der Waals surface area contributed by atoms with E-state index >= 15 is 0 Å². The van der Waals surface area contributed by atoms with Crippen molar-refractivity contribution in [3.05, 3.63) is 34.1 Å². The molecule has 0 aliphatic rings. The molecular weight excluding hydrogens is 265 g/mol. The van der Waals surface area contributed by atoms with Crippen molar-refractivity contribution in [3.8, 4) is 0 Å². The van der Waals surface area contributed by atoms with Crippen molar-refractivity contribution in [3.63, 3.8) is 0 Å². The van der Waals surface area contributed by atoms with Crippen molar-refractivity contribution in [2.75, 3.05) is 12.0 Å². The molecule has 1 unspecified atom stereocenters. The van der Waals surface area contributed by atoms with Gasteiger partial charge in [0.15, 0.2) is 0 Å². The molecule has 0 heterocycles. The number of nitrogens with two attached hydrogens (primary N) is 1. The summed E-state index contributed by atoms with van der Waals surface area (Å²) in [5.41, 5.74) is 6.51. The largest absolute Gasteiger partial charge is 0.327 e. The van der Waals surface area contributed by atoms with Crippen LogP contribution in [0.3, 0.4) is 0 Å².